The molecule has 3 rings (SSSR count). The van der Waals surface area contributed by atoms with Gasteiger partial charge in [0, 0.05) is 19.3 Å². The summed E-state index contributed by atoms with van der Waals surface area (Å²) in [5.41, 5.74) is 2.03. The molecule has 2 heterocycles. The summed E-state index contributed by atoms with van der Waals surface area (Å²) in [6.45, 7) is 4.15. The van der Waals surface area contributed by atoms with Crippen LogP contribution >= 0.6 is 11.6 Å². The van der Waals surface area contributed by atoms with Crippen LogP contribution in [0.3, 0.4) is 0 Å². The number of pyridine rings is 1. The smallest absolute Gasteiger partial charge is 0.337 e. The molecular weight excluding hydrogens is 366 g/mol. The Kier molecular flexibility index (Phi) is 5.96. The molecule has 0 aliphatic carbocycles. The third-order valence-corrected chi connectivity index (χ3v) is 4.97. The molecule has 0 spiro atoms. The van der Waals surface area contributed by atoms with Gasteiger partial charge in [-0.2, -0.15) is 0 Å². The molecule has 1 aliphatic heterocycles. The van der Waals surface area contributed by atoms with Gasteiger partial charge in [-0.05, 0) is 43.0 Å². The number of esters is 1. The van der Waals surface area contributed by atoms with Gasteiger partial charge in [-0.15, -0.1) is 0 Å². The van der Waals surface area contributed by atoms with Crippen LogP contribution in [0.25, 0.3) is 0 Å². The Morgan fingerprint density at radius 3 is 2.81 bits per heavy atom. The van der Waals surface area contributed by atoms with Crippen molar-refractivity contribution in [1.82, 2.24) is 4.98 Å². The summed E-state index contributed by atoms with van der Waals surface area (Å²) >= 11 is 6.15. The van der Waals surface area contributed by atoms with Gasteiger partial charge in [0.25, 0.3) is 5.91 Å². The highest BCUT2D eigenvalue weighted by atomic mass is 35.5. The molecule has 7 heteroatoms. The average Bonchev–Trinajstić information content (AvgIpc) is 2.69. The minimum atomic E-state index is -0.495. The number of halogens is 1. The van der Waals surface area contributed by atoms with Crippen LogP contribution in [0.15, 0.2) is 36.7 Å². The fourth-order valence-electron chi connectivity index (χ4n) is 3.21. The monoisotopic (exact) mass is 387 g/mol. The summed E-state index contributed by atoms with van der Waals surface area (Å²) in [5, 5.41) is 3.09. The van der Waals surface area contributed by atoms with Crippen molar-refractivity contribution in [3.05, 3.63) is 52.8 Å². The molecule has 1 fully saturated rings. The highest BCUT2D eigenvalue weighted by Crippen LogP contribution is 2.26. The predicted octanol–water partition coefficient (Wildman–Crippen LogP) is 4.01. The van der Waals surface area contributed by atoms with E-state index in [1.54, 1.807) is 18.3 Å². The average molecular weight is 388 g/mol. The zero-order chi connectivity index (χ0) is 19.4. The maximum atomic E-state index is 12.7. The molecular formula is C20H22ClN3O3. The van der Waals surface area contributed by atoms with Gasteiger partial charge in [-0.1, -0.05) is 18.5 Å². The molecule has 1 unspecified atom stereocenters. The first-order chi connectivity index (χ1) is 13.0. The molecule has 1 aliphatic rings. The molecule has 1 aromatic heterocycles. The van der Waals surface area contributed by atoms with Gasteiger partial charge < -0.3 is 15.0 Å². The molecule has 0 saturated carbocycles. The zero-order valence-corrected chi connectivity index (χ0v) is 16.1. The Labute approximate surface area is 163 Å². The minimum absolute atomic E-state index is 0.311. The van der Waals surface area contributed by atoms with Crippen molar-refractivity contribution in [2.24, 2.45) is 5.92 Å². The first-order valence-corrected chi connectivity index (χ1v) is 9.25. The maximum Gasteiger partial charge on any atom is 0.337 e. The summed E-state index contributed by atoms with van der Waals surface area (Å²) in [7, 11) is 1.30. The van der Waals surface area contributed by atoms with E-state index < -0.39 is 5.97 Å². The van der Waals surface area contributed by atoms with E-state index in [0.29, 0.717) is 27.8 Å². The van der Waals surface area contributed by atoms with E-state index in [4.69, 9.17) is 16.3 Å². The molecule has 2 aromatic rings. The Bertz CT molecular complexity index is 856. The third kappa shape index (κ3) is 4.57. The second-order valence-corrected chi connectivity index (χ2v) is 7.17. The topological polar surface area (TPSA) is 71.5 Å². The molecule has 1 atom stereocenters. The number of benzene rings is 1. The van der Waals surface area contributed by atoms with Gasteiger partial charge in [0.2, 0.25) is 0 Å². The third-order valence-electron chi connectivity index (χ3n) is 4.64. The standard InChI is InChI=1S/C20H22ClN3O3/c1-13-4-3-7-24(12-13)16-8-15(10-22-11-16)19(25)23-18-9-14(20(26)27-2)5-6-17(18)21/h5-6,8-11,13H,3-4,7,12H2,1-2H3,(H,23,25). The van der Waals surface area contributed by atoms with E-state index in [1.807, 2.05) is 6.07 Å². The summed E-state index contributed by atoms with van der Waals surface area (Å²) in [5.74, 6) is -0.209. The van der Waals surface area contributed by atoms with Gasteiger partial charge >= 0.3 is 5.97 Å². The maximum absolute atomic E-state index is 12.7. The number of ether oxygens (including phenoxy) is 1. The summed E-state index contributed by atoms with van der Waals surface area (Å²) < 4.78 is 4.70. The van der Waals surface area contributed by atoms with Crippen molar-refractivity contribution >= 4 is 34.9 Å². The van der Waals surface area contributed by atoms with Crippen LogP contribution in [0, 0.1) is 5.92 Å². The Morgan fingerprint density at radius 2 is 2.07 bits per heavy atom. The van der Waals surface area contributed by atoms with Crippen LogP contribution in [0.1, 0.15) is 40.5 Å². The lowest BCUT2D eigenvalue weighted by atomic mass is 10.00. The SMILES string of the molecule is COC(=O)c1ccc(Cl)c(NC(=O)c2cncc(N3CCCC(C)C3)c2)c1. The summed E-state index contributed by atoms with van der Waals surface area (Å²) in [4.78, 5) is 30.8. The highest BCUT2D eigenvalue weighted by molar-refractivity contribution is 6.34. The number of methoxy groups -OCH3 is 1. The largest absolute Gasteiger partial charge is 0.465 e. The lowest BCUT2D eigenvalue weighted by molar-refractivity contribution is 0.0600. The number of nitrogens with one attached hydrogen (secondary N) is 1. The van der Waals surface area contributed by atoms with Crippen LogP contribution in [-0.2, 0) is 4.74 Å². The van der Waals surface area contributed by atoms with Gasteiger partial charge in [-0.25, -0.2) is 4.79 Å². The fourth-order valence-corrected chi connectivity index (χ4v) is 3.37. The number of carbonyl (C=O) groups is 2. The van der Waals surface area contributed by atoms with Gasteiger partial charge in [-0.3, -0.25) is 9.78 Å². The zero-order valence-electron chi connectivity index (χ0n) is 15.4. The molecule has 1 amide bonds. The van der Waals surface area contributed by atoms with E-state index in [-0.39, 0.29) is 5.91 Å². The molecule has 6 nitrogen and oxygen atoms in total. The number of piperidine rings is 1. The van der Waals surface area contributed by atoms with Crippen LogP contribution in [-0.4, -0.2) is 37.1 Å². The van der Waals surface area contributed by atoms with Crippen molar-refractivity contribution in [3.8, 4) is 0 Å². The Morgan fingerprint density at radius 1 is 1.26 bits per heavy atom. The lowest BCUT2D eigenvalue weighted by Crippen LogP contribution is -2.34. The van der Waals surface area contributed by atoms with Crippen LogP contribution in [0.2, 0.25) is 5.02 Å². The van der Waals surface area contributed by atoms with Crippen molar-refractivity contribution in [2.45, 2.75) is 19.8 Å². The molecule has 0 bridgehead atoms. The van der Waals surface area contributed by atoms with E-state index in [9.17, 15) is 9.59 Å². The van der Waals surface area contributed by atoms with Crippen LogP contribution in [0.4, 0.5) is 11.4 Å². The van der Waals surface area contributed by atoms with E-state index >= 15 is 0 Å². The summed E-state index contributed by atoms with van der Waals surface area (Å²) in [6.07, 6.45) is 5.65. The van der Waals surface area contributed by atoms with Crippen LogP contribution in [0.5, 0.6) is 0 Å². The molecule has 27 heavy (non-hydrogen) atoms. The number of anilines is 2. The second kappa shape index (κ2) is 8.39. The van der Waals surface area contributed by atoms with Crippen molar-refractivity contribution in [2.75, 3.05) is 30.4 Å². The van der Waals surface area contributed by atoms with Crippen molar-refractivity contribution in [1.29, 1.82) is 0 Å². The number of amides is 1. The number of aromatic nitrogens is 1. The molecule has 0 radical (unpaired) electrons. The van der Waals surface area contributed by atoms with E-state index in [2.05, 4.69) is 22.1 Å². The molecule has 1 aromatic carbocycles. The fraction of sp³-hybridized carbons (Fsp3) is 0.350. The van der Waals surface area contributed by atoms with Crippen LogP contribution < -0.4 is 10.2 Å². The Hall–Kier alpha value is -2.60. The highest BCUT2D eigenvalue weighted by Gasteiger charge is 2.18. The first kappa shape index (κ1) is 19.2. The van der Waals surface area contributed by atoms with Crippen molar-refractivity contribution in [3.63, 3.8) is 0 Å². The predicted molar refractivity (Wildman–Crippen MR) is 106 cm³/mol. The van der Waals surface area contributed by atoms with Crippen molar-refractivity contribution < 1.29 is 14.3 Å². The summed E-state index contributed by atoms with van der Waals surface area (Å²) in [6, 6.07) is 6.42. The first-order valence-electron chi connectivity index (χ1n) is 8.87. The lowest BCUT2D eigenvalue weighted by Gasteiger charge is -2.32. The normalized spacial score (nSPS) is 16.7. The number of hydrogen-bond acceptors (Lipinski definition) is 5. The van der Waals surface area contributed by atoms with E-state index in [0.717, 1.165) is 25.2 Å². The number of nitrogens with zero attached hydrogens (tertiary/aromatic N) is 2. The van der Waals surface area contributed by atoms with E-state index in [1.165, 1.54) is 25.8 Å². The molecule has 1 saturated heterocycles. The van der Waals surface area contributed by atoms with Gasteiger partial charge in [0.1, 0.15) is 0 Å². The van der Waals surface area contributed by atoms with Gasteiger partial charge in [0.05, 0.1) is 40.8 Å². The quantitative estimate of drug-likeness (QED) is 0.802. The Balaban J connectivity index is 1.79. The second-order valence-electron chi connectivity index (χ2n) is 6.77. The minimum Gasteiger partial charge on any atom is -0.465 e. The number of rotatable bonds is 4. The molecule has 1 N–H and O–H groups in total. The number of hydrogen-bond donors (Lipinski definition) is 1. The van der Waals surface area contributed by atoms with Gasteiger partial charge in [0.15, 0.2) is 0 Å². The molecule has 142 valence electrons. The number of carbonyl (C=O) groups excluding carboxylic acids is 2.